The van der Waals surface area contributed by atoms with Crippen molar-refractivity contribution in [2.75, 3.05) is 20.8 Å². The summed E-state index contributed by atoms with van der Waals surface area (Å²) in [6, 6.07) is 8.14. The van der Waals surface area contributed by atoms with E-state index in [-0.39, 0.29) is 16.8 Å². The van der Waals surface area contributed by atoms with Crippen LogP contribution < -0.4 is 14.8 Å². The van der Waals surface area contributed by atoms with Crippen molar-refractivity contribution < 1.29 is 29.3 Å². The minimum absolute atomic E-state index is 0.143. The number of carbonyl (C=O) groups excluding carboxylic acids is 1. The molecule has 3 aromatic rings. The van der Waals surface area contributed by atoms with Gasteiger partial charge in [-0.2, -0.15) is 0 Å². The standard InChI is InChI=1S/C19H17N3O6/c1-27-14-5-3-4-10(18(14)28-2)12-8-20-17-11(22-12)6-7-13(23)16(17)19(26)21-9-15(24)25/h3-8,23H,9H2,1-2H3,(H,21,26)(H,24,25). The lowest BCUT2D eigenvalue weighted by atomic mass is 10.1. The summed E-state index contributed by atoms with van der Waals surface area (Å²) < 4.78 is 10.7. The molecule has 0 aliphatic heterocycles. The van der Waals surface area contributed by atoms with Gasteiger partial charge in [0.25, 0.3) is 5.91 Å². The summed E-state index contributed by atoms with van der Waals surface area (Å²) in [5.74, 6) is -1.27. The van der Waals surface area contributed by atoms with Crippen molar-refractivity contribution in [3.05, 3.63) is 42.1 Å². The van der Waals surface area contributed by atoms with Crippen molar-refractivity contribution in [1.29, 1.82) is 0 Å². The van der Waals surface area contributed by atoms with Crippen LogP contribution in [0.2, 0.25) is 0 Å². The van der Waals surface area contributed by atoms with Crippen molar-refractivity contribution in [3.63, 3.8) is 0 Å². The summed E-state index contributed by atoms with van der Waals surface area (Å²) in [4.78, 5) is 31.7. The van der Waals surface area contributed by atoms with Gasteiger partial charge >= 0.3 is 5.97 Å². The molecule has 9 nitrogen and oxygen atoms in total. The molecule has 144 valence electrons. The summed E-state index contributed by atoms with van der Waals surface area (Å²) >= 11 is 0. The highest BCUT2D eigenvalue weighted by Crippen LogP contribution is 2.37. The molecule has 1 aromatic heterocycles. The highest BCUT2D eigenvalue weighted by molar-refractivity contribution is 6.08. The van der Waals surface area contributed by atoms with E-state index in [0.29, 0.717) is 28.3 Å². The Kier molecular flexibility index (Phi) is 5.25. The fourth-order valence-corrected chi connectivity index (χ4v) is 2.76. The Hall–Kier alpha value is -3.88. The van der Waals surface area contributed by atoms with Gasteiger partial charge in [-0.15, -0.1) is 0 Å². The van der Waals surface area contributed by atoms with E-state index in [4.69, 9.17) is 14.6 Å². The van der Waals surface area contributed by atoms with Crippen LogP contribution in [-0.2, 0) is 4.79 Å². The zero-order valence-corrected chi connectivity index (χ0v) is 15.1. The van der Waals surface area contributed by atoms with Crippen LogP contribution in [0.4, 0.5) is 0 Å². The Balaban J connectivity index is 2.10. The van der Waals surface area contributed by atoms with Gasteiger partial charge in [-0.1, -0.05) is 6.07 Å². The van der Waals surface area contributed by atoms with E-state index in [0.717, 1.165) is 0 Å². The average molecular weight is 383 g/mol. The molecule has 2 aromatic carbocycles. The molecule has 0 bridgehead atoms. The molecular weight excluding hydrogens is 366 g/mol. The molecule has 9 heteroatoms. The number of ether oxygens (including phenoxy) is 2. The van der Waals surface area contributed by atoms with E-state index >= 15 is 0 Å². The average Bonchev–Trinajstić information content (AvgIpc) is 2.70. The number of phenolic OH excluding ortho intramolecular Hbond substituents is 1. The number of carbonyl (C=O) groups is 2. The first-order chi connectivity index (χ1) is 13.5. The van der Waals surface area contributed by atoms with Gasteiger partial charge in [0.15, 0.2) is 11.5 Å². The van der Waals surface area contributed by atoms with Crippen LogP contribution in [0.1, 0.15) is 10.4 Å². The number of nitrogens with zero attached hydrogens (tertiary/aromatic N) is 2. The lowest BCUT2D eigenvalue weighted by Gasteiger charge is -2.13. The number of aromatic nitrogens is 2. The maximum Gasteiger partial charge on any atom is 0.322 e. The van der Waals surface area contributed by atoms with Crippen LogP contribution in [0.5, 0.6) is 17.2 Å². The molecule has 0 unspecified atom stereocenters. The first-order valence-corrected chi connectivity index (χ1v) is 8.16. The number of carboxylic acids is 1. The van der Waals surface area contributed by atoms with E-state index in [1.54, 1.807) is 18.2 Å². The monoisotopic (exact) mass is 383 g/mol. The minimum atomic E-state index is -1.20. The number of aromatic hydroxyl groups is 1. The number of para-hydroxylation sites is 1. The Morgan fingerprint density at radius 3 is 2.61 bits per heavy atom. The largest absolute Gasteiger partial charge is 0.507 e. The molecule has 3 rings (SSSR count). The number of fused-ring (bicyclic) bond motifs is 1. The van der Waals surface area contributed by atoms with Crippen LogP contribution >= 0.6 is 0 Å². The second-order valence-electron chi connectivity index (χ2n) is 5.70. The van der Waals surface area contributed by atoms with Gasteiger partial charge in [0.2, 0.25) is 0 Å². The summed E-state index contributed by atoms with van der Waals surface area (Å²) in [7, 11) is 3.04. The number of rotatable bonds is 6. The van der Waals surface area contributed by atoms with Crippen molar-refractivity contribution in [1.82, 2.24) is 15.3 Å². The van der Waals surface area contributed by atoms with Gasteiger partial charge in [-0.3, -0.25) is 14.6 Å². The number of hydrogen-bond acceptors (Lipinski definition) is 7. The Bertz CT molecular complexity index is 1070. The van der Waals surface area contributed by atoms with Gasteiger partial charge in [0.05, 0.1) is 31.6 Å². The molecular formula is C19H17N3O6. The summed E-state index contributed by atoms with van der Waals surface area (Å²) in [6.45, 7) is -0.582. The number of nitrogens with one attached hydrogen (secondary N) is 1. The number of aliphatic carboxylic acids is 1. The van der Waals surface area contributed by atoms with Crippen molar-refractivity contribution in [3.8, 4) is 28.5 Å². The lowest BCUT2D eigenvalue weighted by molar-refractivity contribution is -0.135. The number of phenols is 1. The van der Waals surface area contributed by atoms with Crippen LogP contribution in [0, 0.1) is 0 Å². The Morgan fingerprint density at radius 1 is 1.14 bits per heavy atom. The Morgan fingerprint density at radius 2 is 1.93 bits per heavy atom. The van der Waals surface area contributed by atoms with E-state index in [1.165, 1.54) is 32.5 Å². The third-order valence-electron chi connectivity index (χ3n) is 4.00. The van der Waals surface area contributed by atoms with Crippen molar-refractivity contribution in [2.45, 2.75) is 0 Å². The molecule has 3 N–H and O–H groups in total. The molecule has 0 aliphatic carbocycles. The quantitative estimate of drug-likeness (QED) is 0.588. The molecule has 0 saturated heterocycles. The third kappa shape index (κ3) is 3.50. The molecule has 0 atom stereocenters. The zero-order valence-electron chi connectivity index (χ0n) is 15.1. The number of hydrogen-bond donors (Lipinski definition) is 3. The van der Waals surface area contributed by atoms with E-state index in [1.807, 2.05) is 0 Å². The van der Waals surface area contributed by atoms with Crippen molar-refractivity contribution >= 4 is 22.9 Å². The molecule has 1 heterocycles. The fraction of sp³-hybridized carbons (Fsp3) is 0.158. The van der Waals surface area contributed by atoms with Crippen molar-refractivity contribution in [2.24, 2.45) is 0 Å². The third-order valence-corrected chi connectivity index (χ3v) is 4.00. The second-order valence-corrected chi connectivity index (χ2v) is 5.70. The first kappa shape index (κ1) is 18.9. The second kappa shape index (κ2) is 7.78. The summed E-state index contributed by atoms with van der Waals surface area (Å²) in [5, 5.41) is 21.0. The molecule has 0 fully saturated rings. The molecule has 1 amide bonds. The number of carboxylic acid groups (broad SMARTS) is 1. The predicted molar refractivity (Wildman–Crippen MR) is 99.7 cm³/mol. The van der Waals surface area contributed by atoms with Crippen LogP contribution in [0.25, 0.3) is 22.3 Å². The van der Waals surface area contributed by atoms with E-state index < -0.39 is 18.4 Å². The van der Waals surface area contributed by atoms with Crippen LogP contribution in [-0.4, -0.2) is 52.8 Å². The van der Waals surface area contributed by atoms with E-state index in [9.17, 15) is 14.7 Å². The maximum atomic E-state index is 12.3. The Labute approximate surface area is 159 Å². The number of amides is 1. The molecule has 28 heavy (non-hydrogen) atoms. The smallest absolute Gasteiger partial charge is 0.322 e. The topological polar surface area (TPSA) is 131 Å². The van der Waals surface area contributed by atoms with Crippen LogP contribution in [0.15, 0.2) is 36.5 Å². The molecule has 0 spiro atoms. The first-order valence-electron chi connectivity index (χ1n) is 8.16. The van der Waals surface area contributed by atoms with E-state index in [2.05, 4.69) is 15.3 Å². The maximum absolute atomic E-state index is 12.3. The number of methoxy groups -OCH3 is 2. The summed E-state index contributed by atoms with van der Waals surface area (Å²) in [6.07, 6.45) is 1.44. The lowest BCUT2D eigenvalue weighted by Crippen LogP contribution is -2.29. The molecule has 0 radical (unpaired) electrons. The summed E-state index contributed by atoms with van der Waals surface area (Å²) in [5.41, 5.74) is 1.47. The zero-order chi connectivity index (χ0) is 20.3. The highest BCUT2D eigenvalue weighted by atomic mass is 16.5. The predicted octanol–water partition coefficient (Wildman–Crippen LogP) is 1.83. The van der Waals surface area contributed by atoms with Gasteiger partial charge in [-0.25, -0.2) is 4.98 Å². The van der Waals surface area contributed by atoms with Crippen LogP contribution in [0.3, 0.4) is 0 Å². The number of benzene rings is 2. The SMILES string of the molecule is COc1cccc(-c2cnc3c(C(=O)NCC(=O)O)c(O)ccc3n2)c1OC. The van der Waals surface area contributed by atoms with Gasteiger partial charge in [0.1, 0.15) is 23.4 Å². The van der Waals surface area contributed by atoms with Gasteiger partial charge < -0.3 is 25.0 Å². The normalized spacial score (nSPS) is 10.5. The molecule has 0 aliphatic rings. The molecule has 0 saturated carbocycles. The fourth-order valence-electron chi connectivity index (χ4n) is 2.76. The highest BCUT2D eigenvalue weighted by Gasteiger charge is 2.19. The van der Waals surface area contributed by atoms with Gasteiger partial charge in [-0.05, 0) is 24.3 Å². The minimum Gasteiger partial charge on any atom is -0.507 e. The van der Waals surface area contributed by atoms with Gasteiger partial charge in [0, 0.05) is 5.56 Å².